The van der Waals surface area contributed by atoms with Crippen molar-refractivity contribution in [3.05, 3.63) is 11.9 Å². The van der Waals surface area contributed by atoms with Gasteiger partial charge in [0.05, 0.1) is 18.0 Å². The molecule has 3 saturated carbocycles. The van der Waals surface area contributed by atoms with Gasteiger partial charge in [0, 0.05) is 5.41 Å². The van der Waals surface area contributed by atoms with Crippen molar-refractivity contribution in [2.24, 2.45) is 11.8 Å². The third-order valence-corrected chi connectivity index (χ3v) is 7.39. The molecule has 0 spiro atoms. The third-order valence-electron chi connectivity index (χ3n) is 7.39. The van der Waals surface area contributed by atoms with Gasteiger partial charge in [-0.1, -0.05) is 63.5 Å². The van der Waals surface area contributed by atoms with Crippen molar-refractivity contribution >= 4 is 0 Å². The minimum absolute atomic E-state index is 0.131. The molecule has 1 heterocycles. The molecule has 0 N–H and O–H groups in total. The first-order valence-corrected chi connectivity index (χ1v) is 10.5. The first-order chi connectivity index (χ1) is 12.2. The molecule has 1 aromatic rings. The average molecular weight is 341 g/mol. The molecule has 3 aliphatic rings. The largest absolute Gasteiger partial charge is 0.232 e. The van der Waals surface area contributed by atoms with E-state index in [4.69, 9.17) is 0 Å². The molecule has 1 atom stereocenters. The fraction of sp³-hybridized carbons (Fsp3) is 0.857. The number of nitrogens with zero attached hydrogens (tertiary/aromatic N) is 4. The minimum atomic E-state index is -0.385. The number of nitriles is 1. The maximum atomic E-state index is 9.49. The van der Waals surface area contributed by atoms with E-state index in [1.165, 1.54) is 70.6 Å². The van der Waals surface area contributed by atoms with Gasteiger partial charge >= 0.3 is 0 Å². The predicted octanol–water partition coefficient (Wildman–Crippen LogP) is 5.10. The summed E-state index contributed by atoms with van der Waals surface area (Å²) >= 11 is 0. The molecule has 3 aliphatic carbocycles. The average Bonchev–Trinajstić information content (AvgIpc) is 3.30. The van der Waals surface area contributed by atoms with Crippen LogP contribution in [0.4, 0.5) is 0 Å². The first-order valence-electron chi connectivity index (χ1n) is 10.5. The van der Waals surface area contributed by atoms with Crippen LogP contribution in [-0.2, 0) is 11.0 Å². The molecule has 0 radical (unpaired) electrons. The van der Waals surface area contributed by atoms with Crippen molar-refractivity contribution in [2.45, 2.75) is 101 Å². The van der Waals surface area contributed by atoms with Gasteiger partial charge in [-0.2, -0.15) is 5.26 Å². The Hall–Kier alpha value is -1.37. The Morgan fingerprint density at radius 1 is 1.12 bits per heavy atom. The molecule has 0 unspecified atom stereocenters. The van der Waals surface area contributed by atoms with Gasteiger partial charge in [0.2, 0.25) is 0 Å². The molecular formula is C21H32N4. The summed E-state index contributed by atoms with van der Waals surface area (Å²) < 4.78 is 1.88. The molecule has 0 amide bonds. The van der Waals surface area contributed by atoms with E-state index < -0.39 is 0 Å². The van der Waals surface area contributed by atoms with Crippen LogP contribution >= 0.6 is 0 Å². The van der Waals surface area contributed by atoms with Gasteiger partial charge in [0.15, 0.2) is 5.54 Å². The molecule has 0 bridgehead atoms. The lowest BCUT2D eigenvalue weighted by molar-refractivity contribution is 0.159. The van der Waals surface area contributed by atoms with Crippen LogP contribution in [0.1, 0.15) is 96.1 Å². The Morgan fingerprint density at radius 3 is 2.36 bits per heavy atom. The monoisotopic (exact) mass is 340 g/mol. The highest BCUT2D eigenvalue weighted by Crippen LogP contribution is 2.48. The molecule has 0 aliphatic heterocycles. The molecule has 0 aromatic carbocycles. The van der Waals surface area contributed by atoms with Crippen LogP contribution in [0.2, 0.25) is 0 Å². The van der Waals surface area contributed by atoms with E-state index in [0.29, 0.717) is 0 Å². The highest BCUT2D eigenvalue weighted by atomic mass is 15.5. The van der Waals surface area contributed by atoms with Crippen molar-refractivity contribution in [1.29, 1.82) is 5.26 Å². The summed E-state index contributed by atoms with van der Waals surface area (Å²) in [6, 6.07) is 2.45. The maximum Gasteiger partial charge on any atom is 0.150 e. The second-order valence-corrected chi connectivity index (χ2v) is 9.15. The van der Waals surface area contributed by atoms with Gasteiger partial charge in [0.1, 0.15) is 0 Å². The number of rotatable bonds is 5. The third kappa shape index (κ3) is 3.23. The Morgan fingerprint density at radius 2 is 1.76 bits per heavy atom. The highest BCUT2D eigenvalue weighted by Gasteiger charge is 2.48. The van der Waals surface area contributed by atoms with Crippen molar-refractivity contribution in [3.63, 3.8) is 0 Å². The SMILES string of the molecule is C[C@@](CC1CCCCC1)(c1cn(C2(C#N)CC2)nn1)C1CCCCC1. The van der Waals surface area contributed by atoms with E-state index in [0.717, 1.165) is 30.4 Å². The summed E-state index contributed by atoms with van der Waals surface area (Å²) in [5.41, 5.74) is 0.905. The second kappa shape index (κ2) is 6.74. The van der Waals surface area contributed by atoms with E-state index in [9.17, 15) is 5.26 Å². The smallest absolute Gasteiger partial charge is 0.150 e. The van der Waals surface area contributed by atoms with Crippen molar-refractivity contribution in [3.8, 4) is 6.07 Å². The molecule has 4 nitrogen and oxygen atoms in total. The van der Waals surface area contributed by atoms with E-state index in [-0.39, 0.29) is 11.0 Å². The zero-order valence-electron chi connectivity index (χ0n) is 15.7. The van der Waals surface area contributed by atoms with Gasteiger partial charge in [-0.05, 0) is 43.9 Å². The molecule has 4 rings (SSSR count). The Labute approximate surface area is 152 Å². The molecule has 4 heteroatoms. The molecular weight excluding hydrogens is 308 g/mol. The standard InChI is InChI=1S/C21H32N4/c1-20(18-10-6-3-7-11-18,14-17-8-4-2-5-9-17)19-15-25(24-23-19)21(16-22)12-13-21/h15,17-18H,2-14H2,1H3/t20-/m0/s1. The molecule has 25 heavy (non-hydrogen) atoms. The lowest BCUT2D eigenvalue weighted by Gasteiger charge is -2.41. The van der Waals surface area contributed by atoms with Crippen LogP contribution in [0.5, 0.6) is 0 Å². The van der Waals surface area contributed by atoms with Crippen molar-refractivity contribution in [2.75, 3.05) is 0 Å². The fourth-order valence-corrected chi connectivity index (χ4v) is 5.46. The van der Waals surface area contributed by atoms with E-state index in [2.05, 4.69) is 29.5 Å². The quantitative estimate of drug-likeness (QED) is 0.749. The summed E-state index contributed by atoms with van der Waals surface area (Å²) in [5, 5.41) is 18.6. The predicted molar refractivity (Wildman–Crippen MR) is 98.0 cm³/mol. The van der Waals surface area contributed by atoms with Gasteiger partial charge in [-0.15, -0.1) is 5.10 Å². The minimum Gasteiger partial charge on any atom is -0.232 e. The van der Waals surface area contributed by atoms with Crippen LogP contribution in [0, 0.1) is 23.2 Å². The lowest BCUT2D eigenvalue weighted by atomic mass is 9.63. The van der Waals surface area contributed by atoms with Gasteiger partial charge in [-0.25, -0.2) is 4.68 Å². The first kappa shape index (κ1) is 17.1. The summed E-state index contributed by atoms with van der Waals surface area (Å²) in [4.78, 5) is 0. The number of hydrogen-bond donors (Lipinski definition) is 0. The highest BCUT2D eigenvalue weighted by molar-refractivity contribution is 5.20. The zero-order valence-corrected chi connectivity index (χ0v) is 15.7. The van der Waals surface area contributed by atoms with E-state index in [1.54, 1.807) is 0 Å². The Bertz CT molecular complexity index is 627. The van der Waals surface area contributed by atoms with Crippen LogP contribution in [0.3, 0.4) is 0 Å². The normalized spacial score (nSPS) is 26.7. The summed E-state index contributed by atoms with van der Waals surface area (Å²) in [6.07, 6.45) is 19.0. The van der Waals surface area contributed by atoms with Crippen LogP contribution in [0.25, 0.3) is 0 Å². The zero-order chi connectivity index (χ0) is 17.3. The van der Waals surface area contributed by atoms with E-state index in [1.807, 2.05) is 4.68 Å². The fourth-order valence-electron chi connectivity index (χ4n) is 5.46. The van der Waals surface area contributed by atoms with Gasteiger partial charge in [-0.3, -0.25) is 0 Å². The second-order valence-electron chi connectivity index (χ2n) is 9.15. The van der Waals surface area contributed by atoms with E-state index >= 15 is 0 Å². The summed E-state index contributed by atoms with van der Waals surface area (Å²) in [5.74, 6) is 1.57. The topological polar surface area (TPSA) is 54.5 Å². The summed E-state index contributed by atoms with van der Waals surface area (Å²) in [7, 11) is 0. The molecule has 3 fully saturated rings. The Kier molecular flexibility index (Phi) is 4.60. The number of hydrogen-bond acceptors (Lipinski definition) is 3. The van der Waals surface area contributed by atoms with Crippen LogP contribution in [-0.4, -0.2) is 15.0 Å². The Balaban J connectivity index is 1.61. The number of aromatic nitrogens is 3. The van der Waals surface area contributed by atoms with Crippen LogP contribution in [0.15, 0.2) is 6.20 Å². The maximum absolute atomic E-state index is 9.49. The van der Waals surface area contributed by atoms with Crippen molar-refractivity contribution < 1.29 is 0 Å². The van der Waals surface area contributed by atoms with Crippen molar-refractivity contribution in [1.82, 2.24) is 15.0 Å². The molecule has 0 saturated heterocycles. The van der Waals surface area contributed by atoms with Gasteiger partial charge < -0.3 is 0 Å². The van der Waals surface area contributed by atoms with Crippen LogP contribution < -0.4 is 0 Å². The lowest BCUT2D eigenvalue weighted by Crippen LogP contribution is -2.36. The molecule has 136 valence electrons. The summed E-state index contributed by atoms with van der Waals surface area (Å²) in [6.45, 7) is 2.46. The van der Waals surface area contributed by atoms with Gasteiger partial charge in [0.25, 0.3) is 0 Å². The molecule has 1 aromatic heterocycles.